The molecule has 3 amide bonds. The summed E-state index contributed by atoms with van der Waals surface area (Å²) in [6.45, 7) is 3.90. The zero-order valence-electron chi connectivity index (χ0n) is 31.0. The van der Waals surface area contributed by atoms with Gasteiger partial charge in [0.2, 0.25) is 11.8 Å². The summed E-state index contributed by atoms with van der Waals surface area (Å²) in [5.41, 5.74) is 7.45. The lowest BCUT2D eigenvalue weighted by Gasteiger charge is -2.34. The highest BCUT2D eigenvalue weighted by Gasteiger charge is 2.40. The fraction of sp³-hybridized carbons (Fsp3) is 0.413. The molecule has 8 heteroatoms. The maximum atomic E-state index is 15.4. The molecule has 4 aromatic rings. The molecule has 3 aliphatic heterocycles. The number of unbranched alkanes of at least 4 members (excludes halogenated alkanes) is 3. The Bertz CT molecular complexity index is 1970. The molecule has 0 radical (unpaired) electrons. The maximum absolute atomic E-state index is 15.4. The average Bonchev–Trinajstić information content (AvgIpc) is 3.51. The smallest absolute Gasteiger partial charge is 0.255 e. The van der Waals surface area contributed by atoms with Crippen molar-refractivity contribution in [2.75, 3.05) is 26.2 Å². The summed E-state index contributed by atoms with van der Waals surface area (Å²) >= 11 is 0. The fourth-order valence-electron chi connectivity index (χ4n) is 9.37. The number of carbonyl (C=O) groups excluding carboxylic acids is 3. The highest BCUT2D eigenvalue weighted by Crippen LogP contribution is 2.46. The molecule has 0 spiro atoms. The van der Waals surface area contributed by atoms with E-state index in [-0.39, 0.29) is 36.5 Å². The molecule has 7 nitrogen and oxygen atoms in total. The van der Waals surface area contributed by atoms with Gasteiger partial charge >= 0.3 is 0 Å². The molecule has 1 aliphatic carbocycles. The Kier molecular flexibility index (Phi) is 10.9. The van der Waals surface area contributed by atoms with E-state index < -0.39 is 11.9 Å². The number of imide groups is 1. The Labute approximate surface area is 317 Å². The van der Waals surface area contributed by atoms with Gasteiger partial charge in [0.25, 0.3) is 5.91 Å². The molecule has 2 saturated heterocycles. The minimum atomic E-state index is -0.693. The van der Waals surface area contributed by atoms with E-state index >= 15 is 4.39 Å². The number of hydrogen-bond donors (Lipinski definition) is 1. The molecule has 8 rings (SSSR count). The Balaban J connectivity index is 0.758. The highest BCUT2D eigenvalue weighted by atomic mass is 19.1. The molecule has 54 heavy (non-hydrogen) atoms. The molecule has 3 unspecified atom stereocenters. The molecule has 4 aliphatic rings. The van der Waals surface area contributed by atoms with Crippen molar-refractivity contribution >= 4 is 17.7 Å². The second-order valence-electron chi connectivity index (χ2n) is 15.6. The number of benzene rings is 4. The number of rotatable bonds is 12. The first-order valence-electron chi connectivity index (χ1n) is 20.0. The average molecular weight is 728 g/mol. The van der Waals surface area contributed by atoms with Crippen LogP contribution in [0.2, 0.25) is 0 Å². The fourth-order valence-corrected chi connectivity index (χ4v) is 9.37. The molecule has 280 valence electrons. The van der Waals surface area contributed by atoms with Crippen LogP contribution in [-0.2, 0) is 22.6 Å². The second-order valence-corrected chi connectivity index (χ2v) is 15.6. The van der Waals surface area contributed by atoms with E-state index in [1.807, 2.05) is 6.07 Å². The van der Waals surface area contributed by atoms with Crippen molar-refractivity contribution in [2.24, 2.45) is 0 Å². The largest absolute Gasteiger partial charge is 0.494 e. The van der Waals surface area contributed by atoms with Gasteiger partial charge in [0.05, 0.1) is 6.61 Å². The minimum Gasteiger partial charge on any atom is -0.494 e. The van der Waals surface area contributed by atoms with E-state index in [0.29, 0.717) is 36.0 Å². The summed E-state index contributed by atoms with van der Waals surface area (Å²) < 4.78 is 21.5. The molecule has 4 aromatic carbocycles. The first kappa shape index (κ1) is 36.2. The monoisotopic (exact) mass is 727 g/mol. The maximum Gasteiger partial charge on any atom is 0.255 e. The van der Waals surface area contributed by atoms with Crippen LogP contribution in [0.25, 0.3) is 0 Å². The van der Waals surface area contributed by atoms with Crippen molar-refractivity contribution in [2.45, 2.75) is 94.5 Å². The van der Waals surface area contributed by atoms with Crippen LogP contribution in [0.1, 0.15) is 119 Å². The molecular weight excluding hydrogens is 678 g/mol. The lowest BCUT2D eigenvalue weighted by Crippen LogP contribution is -2.52. The lowest BCUT2D eigenvalue weighted by atomic mass is 9.69. The highest BCUT2D eigenvalue weighted by molar-refractivity contribution is 6.05. The van der Waals surface area contributed by atoms with Crippen molar-refractivity contribution in [1.29, 1.82) is 0 Å². The number of carbonyl (C=O) groups is 3. The van der Waals surface area contributed by atoms with E-state index in [4.69, 9.17) is 4.74 Å². The van der Waals surface area contributed by atoms with Gasteiger partial charge in [-0.1, -0.05) is 85.6 Å². The Morgan fingerprint density at radius 2 is 1.48 bits per heavy atom. The number of amides is 3. The summed E-state index contributed by atoms with van der Waals surface area (Å²) in [4.78, 5) is 41.0. The van der Waals surface area contributed by atoms with Crippen LogP contribution in [0.5, 0.6) is 5.75 Å². The third-order valence-electron chi connectivity index (χ3n) is 12.3. The van der Waals surface area contributed by atoms with E-state index in [0.717, 1.165) is 82.3 Å². The first-order chi connectivity index (χ1) is 26.4. The van der Waals surface area contributed by atoms with Crippen molar-refractivity contribution in [3.05, 3.63) is 136 Å². The van der Waals surface area contributed by atoms with Gasteiger partial charge in [0.15, 0.2) is 0 Å². The second kappa shape index (κ2) is 16.3. The molecule has 0 saturated carbocycles. The number of nitrogens with one attached hydrogen (secondary N) is 1. The molecule has 3 heterocycles. The van der Waals surface area contributed by atoms with Gasteiger partial charge in [-0.05, 0) is 128 Å². The number of piperidine rings is 2. The quantitative estimate of drug-likeness (QED) is 0.118. The molecule has 2 fully saturated rings. The van der Waals surface area contributed by atoms with Gasteiger partial charge in [0, 0.05) is 24.4 Å². The van der Waals surface area contributed by atoms with Crippen molar-refractivity contribution in [3.8, 4) is 5.75 Å². The SMILES string of the molecule is O=C1CCC(N2Cc3cc(C4CCN(CCCCCCOc5ccc(C6c7ccccc7CCC6c6ccccc6)cc5)CC4)c(F)cc3C2=O)C(=O)N1. The van der Waals surface area contributed by atoms with Gasteiger partial charge in [-0.25, -0.2) is 4.39 Å². The van der Waals surface area contributed by atoms with Crippen molar-refractivity contribution in [3.63, 3.8) is 0 Å². The standard InChI is InChI=1S/C46H50FN3O4/c47-41-29-40-35(30-50(46(40)53)42-20-21-43(51)48-45(42)52)28-39(41)33-22-25-49(26-23-33)24-8-1-2-9-27-54-36-17-14-34(15-18-36)44-37-13-7-6-12-32(37)16-19-38(44)31-10-4-3-5-11-31/h3-7,10-15,17-18,28-29,33,38,42,44H,1-2,8-9,16,19-27,30H2,(H,48,51,52). The zero-order chi connectivity index (χ0) is 37.0. The summed E-state index contributed by atoms with van der Waals surface area (Å²) in [5.74, 6) is 0.400. The Morgan fingerprint density at radius 3 is 2.28 bits per heavy atom. The first-order valence-corrected chi connectivity index (χ1v) is 20.0. The Morgan fingerprint density at radius 1 is 0.722 bits per heavy atom. The third kappa shape index (κ3) is 7.72. The molecular formula is C46H50FN3O4. The van der Waals surface area contributed by atoms with Crippen LogP contribution in [0.15, 0.2) is 91.0 Å². The number of ether oxygens (including phenoxy) is 1. The van der Waals surface area contributed by atoms with Crippen LogP contribution < -0.4 is 10.1 Å². The van der Waals surface area contributed by atoms with Crippen molar-refractivity contribution in [1.82, 2.24) is 15.1 Å². The van der Waals surface area contributed by atoms with E-state index in [9.17, 15) is 14.4 Å². The van der Waals surface area contributed by atoms with Gasteiger partial charge in [0.1, 0.15) is 17.6 Å². The number of halogens is 1. The number of hydrogen-bond acceptors (Lipinski definition) is 5. The predicted octanol–water partition coefficient (Wildman–Crippen LogP) is 8.27. The van der Waals surface area contributed by atoms with Gasteiger partial charge in [-0.15, -0.1) is 0 Å². The van der Waals surface area contributed by atoms with E-state index in [2.05, 4.69) is 89.1 Å². The van der Waals surface area contributed by atoms with Crippen LogP contribution in [0.3, 0.4) is 0 Å². The van der Waals surface area contributed by atoms with Gasteiger partial charge in [-0.2, -0.15) is 0 Å². The summed E-state index contributed by atoms with van der Waals surface area (Å²) in [7, 11) is 0. The summed E-state index contributed by atoms with van der Waals surface area (Å²) in [5, 5.41) is 2.33. The topological polar surface area (TPSA) is 79.0 Å². The number of aryl methyl sites for hydroxylation is 1. The molecule has 1 N–H and O–H groups in total. The zero-order valence-corrected chi connectivity index (χ0v) is 31.0. The lowest BCUT2D eigenvalue weighted by molar-refractivity contribution is -0.136. The van der Waals surface area contributed by atoms with Crippen LogP contribution >= 0.6 is 0 Å². The third-order valence-corrected chi connectivity index (χ3v) is 12.3. The van der Waals surface area contributed by atoms with Gasteiger partial charge in [-0.3, -0.25) is 19.7 Å². The molecule has 0 bridgehead atoms. The number of fused-ring (bicyclic) bond motifs is 2. The minimum absolute atomic E-state index is 0.112. The van der Waals surface area contributed by atoms with E-state index in [1.54, 1.807) is 0 Å². The molecule has 0 aromatic heterocycles. The van der Waals surface area contributed by atoms with E-state index in [1.165, 1.54) is 33.2 Å². The van der Waals surface area contributed by atoms with Crippen LogP contribution in [-0.4, -0.2) is 59.8 Å². The summed E-state index contributed by atoms with van der Waals surface area (Å²) in [6.07, 6.45) is 8.97. The predicted molar refractivity (Wildman–Crippen MR) is 207 cm³/mol. The number of likely N-dealkylation sites (tertiary alicyclic amines) is 1. The van der Waals surface area contributed by atoms with Crippen LogP contribution in [0, 0.1) is 5.82 Å². The summed E-state index contributed by atoms with van der Waals surface area (Å²) in [6, 6.07) is 31.2. The van der Waals surface area contributed by atoms with Crippen molar-refractivity contribution < 1.29 is 23.5 Å². The Hall–Kier alpha value is -4.82. The van der Waals surface area contributed by atoms with Crippen LogP contribution in [0.4, 0.5) is 4.39 Å². The van der Waals surface area contributed by atoms with Gasteiger partial charge < -0.3 is 14.5 Å². The molecule has 3 atom stereocenters. The number of nitrogens with zero attached hydrogens (tertiary/aromatic N) is 2. The normalized spacial score (nSPS) is 21.8.